The molecule has 1 fully saturated rings. The molecule has 3 aliphatic heterocycles. The Hall–Kier alpha value is -0.890. The van der Waals surface area contributed by atoms with Crippen molar-refractivity contribution in [1.82, 2.24) is 10.2 Å². The van der Waals surface area contributed by atoms with Gasteiger partial charge in [0.1, 0.15) is 5.37 Å². The summed E-state index contributed by atoms with van der Waals surface area (Å²) in [6.45, 7) is 2.54. The maximum Gasteiger partial charge on any atom is 0.238 e. The second kappa shape index (κ2) is 6.31. The van der Waals surface area contributed by atoms with Gasteiger partial charge in [-0.2, -0.15) is 0 Å². The smallest absolute Gasteiger partial charge is 0.238 e. The summed E-state index contributed by atoms with van der Waals surface area (Å²) in [4.78, 5) is 30.3. The van der Waals surface area contributed by atoms with E-state index in [9.17, 15) is 14.7 Å². The maximum atomic E-state index is 12.5. The lowest BCUT2D eigenvalue weighted by molar-refractivity contribution is -0.134. The van der Waals surface area contributed by atoms with Crippen LogP contribution in [0.4, 0.5) is 0 Å². The standard InChI is InChI=1S/C14H18ClN3O3S/c1-7-11-13(22-12(7)15)17-6-18(14(11)21)5-8(19)4-9-10(20)2-3-16-9/h6,9-11,13,16,20H,2-5H2,1H3/t9-,10+,11?,13?/m1/s1. The Morgan fingerprint density at radius 2 is 2.41 bits per heavy atom. The maximum absolute atomic E-state index is 12.5. The number of nitrogens with zero attached hydrogens (tertiary/aromatic N) is 2. The third kappa shape index (κ3) is 2.95. The van der Waals surface area contributed by atoms with Crippen molar-refractivity contribution in [2.45, 2.75) is 37.3 Å². The molecule has 1 amide bonds. The number of aliphatic imine (C=N–C) groups is 1. The Bertz CT molecular complexity index is 566. The predicted molar refractivity (Wildman–Crippen MR) is 85.7 cm³/mol. The SMILES string of the molecule is CC1=C(Cl)SC2N=CN(CC(=O)C[C@H]3NCC[C@@H]3O)C(=O)C12. The van der Waals surface area contributed by atoms with Crippen molar-refractivity contribution < 1.29 is 14.7 Å². The van der Waals surface area contributed by atoms with Gasteiger partial charge in [0.2, 0.25) is 5.91 Å². The van der Waals surface area contributed by atoms with E-state index >= 15 is 0 Å². The first-order chi connectivity index (χ1) is 10.5. The fourth-order valence-corrected chi connectivity index (χ4v) is 4.48. The number of nitrogens with one attached hydrogen (secondary N) is 1. The number of carbonyl (C=O) groups is 2. The van der Waals surface area contributed by atoms with Gasteiger partial charge in [-0.25, -0.2) is 0 Å². The van der Waals surface area contributed by atoms with Crippen LogP contribution in [0.25, 0.3) is 0 Å². The third-order valence-corrected chi connectivity index (χ3v) is 6.02. The van der Waals surface area contributed by atoms with Crippen LogP contribution >= 0.6 is 23.4 Å². The molecular formula is C14H18ClN3O3S. The summed E-state index contributed by atoms with van der Waals surface area (Å²) >= 11 is 7.46. The number of amides is 1. The Kier molecular flexibility index (Phi) is 4.59. The van der Waals surface area contributed by atoms with Gasteiger partial charge < -0.3 is 10.4 Å². The number of Topliss-reactive ketones (excluding diaryl/α,β-unsaturated/α-hetero) is 1. The van der Waals surface area contributed by atoms with Crippen LogP contribution in [0.5, 0.6) is 0 Å². The summed E-state index contributed by atoms with van der Waals surface area (Å²) in [5.41, 5.74) is 0.823. The molecule has 0 aromatic carbocycles. The second-order valence-corrected chi connectivity index (χ2v) is 7.56. The summed E-state index contributed by atoms with van der Waals surface area (Å²) in [6.07, 6.45) is 1.83. The minimum absolute atomic E-state index is 0.00792. The van der Waals surface area contributed by atoms with E-state index in [1.165, 1.54) is 23.0 Å². The predicted octanol–water partition coefficient (Wildman–Crippen LogP) is 0.698. The zero-order valence-corrected chi connectivity index (χ0v) is 13.7. The largest absolute Gasteiger partial charge is 0.391 e. The lowest BCUT2D eigenvalue weighted by atomic mass is 9.99. The van der Waals surface area contributed by atoms with E-state index in [0.29, 0.717) is 17.3 Å². The number of hydrogen-bond acceptors (Lipinski definition) is 6. The number of hydrogen-bond donors (Lipinski definition) is 2. The molecule has 2 N–H and O–H groups in total. The first-order valence-electron chi connectivity index (χ1n) is 7.27. The Balaban J connectivity index is 1.62. The minimum atomic E-state index is -0.491. The molecule has 1 saturated heterocycles. The molecular weight excluding hydrogens is 326 g/mol. The van der Waals surface area contributed by atoms with E-state index in [0.717, 1.165) is 5.57 Å². The van der Waals surface area contributed by atoms with E-state index in [4.69, 9.17) is 11.6 Å². The molecule has 8 heteroatoms. The van der Waals surface area contributed by atoms with Crippen LogP contribution in [0, 0.1) is 5.92 Å². The molecule has 3 heterocycles. The van der Waals surface area contributed by atoms with Crippen molar-refractivity contribution in [2.75, 3.05) is 13.1 Å². The van der Waals surface area contributed by atoms with Crippen molar-refractivity contribution in [3.8, 4) is 0 Å². The van der Waals surface area contributed by atoms with E-state index < -0.39 is 6.10 Å². The molecule has 0 spiro atoms. The number of thioether (sulfide) groups is 1. The van der Waals surface area contributed by atoms with Gasteiger partial charge in [-0.15, -0.1) is 0 Å². The molecule has 0 radical (unpaired) electrons. The molecule has 3 aliphatic rings. The van der Waals surface area contributed by atoms with Crippen molar-refractivity contribution >= 4 is 41.4 Å². The summed E-state index contributed by atoms with van der Waals surface area (Å²) in [7, 11) is 0. The average molecular weight is 344 g/mol. The molecule has 2 unspecified atom stereocenters. The number of aliphatic hydroxyl groups is 1. The molecule has 22 heavy (non-hydrogen) atoms. The number of carbonyl (C=O) groups excluding carboxylic acids is 2. The first kappa shape index (κ1) is 16.0. The topological polar surface area (TPSA) is 82.0 Å². The Morgan fingerprint density at radius 3 is 3.09 bits per heavy atom. The quantitative estimate of drug-likeness (QED) is 0.785. The van der Waals surface area contributed by atoms with Crippen molar-refractivity contribution in [2.24, 2.45) is 10.9 Å². The summed E-state index contributed by atoms with van der Waals surface area (Å²) in [6, 6.07) is -0.213. The zero-order chi connectivity index (χ0) is 15.9. The molecule has 0 bridgehead atoms. The summed E-state index contributed by atoms with van der Waals surface area (Å²) < 4.78 is 0.618. The van der Waals surface area contributed by atoms with Crippen molar-refractivity contribution in [3.05, 3.63) is 9.94 Å². The molecule has 120 valence electrons. The van der Waals surface area contributed by atoms with Gasteiger partial charge in [0.25, 0.3) is 0 Å². The highest BCUT2D eigenvalue weighted by Gasteiger charge is 2.42. The summed E-state index contributed by atoms with van der Waals surface area (Å²) in [5, 5.41) is 12.6. The van der Waals surface area contributed by atoms with Gasteiger partial charge in [0.15, 0.2) is 5.78 Å². The molecule has 0 aliphatic carbocycles. The highest BCUT2D eigenvalue weighted by molar-refractivity contribution is 8.05. The van der Waals surface area contributed by atoms with Crippen LogP contribution in [0.2, 0.25) is 0 Å². The second-order valence-electron chi connectivity index (χ2n) is 5.83. The van der Waals surface area contributed by atoms with Crippen LogP contribution in [0.3, 0.4) is 0 Å². The lowest BCUT2D eigenvalue weighted by Gasteiger charge is -2.28. The number of ketones is 1. The summed E-state index contributed by atoms with van der Waals surface area (Å²) in [5.74, 6) is -0.588. The van der Waals surface area contributed by atoms with Crippen LogP contribution in [-0.4, -0.2) is 58.6 Å². The van der Waals surface area contributed by atoms with Crippen LogP contribution < -0.4 is 5.32 Å². The Labute approximate surface area is 138 Å². The highest BCUT2D eigenvalue weighted by Crippen LogP contribution is 2.46. The highest BCUT2D eigenvalue weighted by atomic mass is 35.5. The van der Waals surface area contributed by atoms with E-state index in [-0.39, 0.29) is 42.0 Å². The first-order valence-corrected chi connectivity index (χ1v) is 8.53. The van der Waals surface area contributed by atoms with Gasteiger partial charge in [0.05, 0.1) is 29.3 Å². The van der Waals surface area contributed by atoms with Gasteiger partial charge in [-0.1, -0.05) is 23.4 Å². The number of halogens is 1. The van der Waals surface area contributed by atoms with Gasteiger partial charge in [-0.3, -0.25) is 19.5 Å². The van der Waals surface area contributed by atoms with Gasteiger partial charge in [0, 0.05) is 12.5 Å². The zero-order valence-electron chi connectivity index (χ0n) is 12.2. The molecule has 0 saturated carbocycles. The lowest BCUT2D eigenvalue weighted by Crippen LogP contribution is -2.45. The molecule has 6 nitrogen and oxygen atoms in total. The molecule has 4 atom stereocenters. The molecule has 3 rings (SSSR count). The third-order valence-electron chi connectivity index (χ3n) is 4.29. The van der Waals surface area contributed by atoms with E-state index in [1.54, 1.807) is 0 Å². The number of aliphatic hydroxyl groups excluding tert-OH is 1. The number of fused-ring (bicyclic) bond motifs is 1. The van der Waals surface area contributed by atoms with Gasteiger partial charge in [-0.05, 0) is 25.5 Å². The minimum Gasteiger partial charge on any atom is -0.391 e. The van der Waals surface area contributed by atoms with E-state index in [1.807, 2.05) is 6.92 Å². The van der Waals surface area contributed by atoms with Crippen molar-refractivity contribution in [3.63, 3.8) is 0 Å². The van der Waals surface area contributed by atoms with Crippen molar-refractivity contribution in [1.29, 1.82) is 0 Å². The van der Waals surface area contributed by atoms with Crippen LogP contribution in [-0.2, 0) is 9.59 Å². The Morgan fingerprint density at radius 1 is 1.64 bits per heavy atom. The van der Waals surface area contributed by atoms with Gasteiger partial charge >= 0.3 is 0 Å². The molecule has 0 aromatic rings. The fraction of sp³-hybridized carbons (Fsp3) is 0.643. The van der Waals surface area contributed by atoms with Crippen LogP contribution in [0.1, 0.15) is 19.8 Å². The average Bonchev–Trinajstić information content (AvgIpc) is 2.99. The van der Waals surface area contributed by atoms with E-state index in [2.05, 4.69) is 10.3 Å². The normalized spacial score (nSPS) is 34.5. The van der Waals surface area contributed by atoms with Crippen LogP contribution in [0.15, 0.2) is 14.9 Å². The number of rotatable bonds is 4. The molecule has 0 aromatic heterocycles. The fourth-order valence-electron chi connectivity index (χ4n) is 2.99. The monoisotopic (exact) mass is 343 g/mol.